The number of anilines is 1. The lowest BCUT2D eigenvalue weighted by molar-refractivity contribution is 0.102. The second kappa shape index (κ2) is 11.7. The van der Waals surface area contributed by atoms with E-state index in [1.807, 2.05) is 36.5 Å². The summed E-state index contributed by atoms with van der Waals surface area (Å²) in [5.74, 6) is 0.444. The molecule has 2 heterocycles. The molecule has 2 aromatic heterocycles. The van der Waals surface area contributed by atoms with Gasteiger partial charge < -0.3 is 9.88 Å². The number of hydrogen-bond donors (Lipinski definition) is 1. The summed E-state index contributed by atoms with van der Waals surface area (Å²) in [5.41, 5.74) is 6.08. The molecule has 1 N–H and O–H groups in total. The van der Waals surface area contributed by atoms with E-state index >= 15 is 0 Å². The number of nitrogens with zero attached hydrogens (tertiary/aromatic N) is 2. The highest BCUT2D eigenvalue weighted by Crippen LogP contribution is 2.45. The first-order valence-electron chi connectivity index (χ1n) is 14.2. The van der Waals surface area contributed by atoms with Crippen LogP contribution in [0.4, 0.5) is 10.7 Å². The number of carbonyl (C=O) groups excluding carboxylic acids is 1. The van der Waals surface area contributed by atoms with Gasteiger partial charge >= 0.3 is 0 Å². The van der Waals surface area contributed by atoms with Crippen LogP contribution >= 0.6 is 34.5 Å². The van der Waals surface area contributed by atoms with E-state index in [1.165, 1.54) is 10.4 Å². The van der Waals surface area contributed by atoms with Crippen molar-refractivity contribution in [2.75, 3.05) is 5.32 Å². The van der Waals surface area contributed by atoms with Gasteiger partial charge in [-0.25, -0.2) is 4.99 Å². The predicted molar refractivity (Wildman–Crippen MR) is 178 cm³/mol. The van der Waals surface area contributed by atoms with Gasteiger partial charge in [-0.2, -0.15) is 0 Å². The summed E-state index contributed by atoms with van der Waals surface area (Å²) in [7, 11) is 0. The van der Waals surface area contributed by atoms with Crippen LogP contribution in [-0.2, 0) is 19.4 Å². The van der Waals surface area contributed by atoms with Crippen LogP contribution in [0.25, 0.3) is 10.9 Å². The summed E-state index contributed by atoms with van der Waals surface area (Å²) in [6.07, 6.45) is 6.97. The number of nitrogens with one attached hydrogen (secondary N) is 1. The lowest BCUT2D eigenvalue weighted by Gasteiger charge is -2.33. The summed E-state index contributed by atoms with van der Waals surface area (Å²) in [5, 5.41) is 6.33. The zero-order valence-corrected chi connectivity index (χ0v) is 26.3. The topological polar surface area (TPSA) is 46.4 Å². The maximum Gasteiger partial charge on any atom is 0.259 e. The van der Waals surface area contributed by atoms with Crippen molar-refractivity contribution >= 4 is 68.3 Å². The van der Waals surface area contributed by atoms with E-state index in [-0.39, 0.29) is 11.3 Å². The first kappa shape index (κ1) is 28.7. The number of aromatic nitrogens is 1. The Morgan fingerprint density at radius 3 is 2.43 bits per heavy atom. The zero-order valence-electron chi connectivity index (χ0n) is 24.0. The third kappa shape index (κ3) is 6.05. The summed E-state index contributed by atoms with van der Waals surface area (Å²) < 4.78 is 2.24. The highest BCUT2D eigenvalue weighted by molar-refractivity contribution is 7.16. The van der Waals surface area contributed by atoms with Gasteiger partial charge in [0.1, 0.15) is 5.00 Å². The smallest absolute Gasteiger partial charge is 0.259 e. The quantitative estimate of drug-likeness (QED) is 0.190. The molecule has 3 aromatic carbocycles. The minimum absolute atomic E-state index is 0.124. The molecule has 0 saturated carbocycles. The molecule has 4 nitrogen and oxygen atoms in total. The summed E-state index contributed by atoms with van der Waals surface area (Å²) in [6.45, 7) is 7.65. The number of hydrogen-bond acceptors (Lipinski definition) is 3. The molecule has 0 saturated heterocycles. The molecular formula is C35H33Cl2N3OS. The minimum Gasteiger partial charge on any atom is -0.342 e. The Morgan fingerprint density at radius 1 is 1.02 bits per heavy atom. The van der Waals surface area contributed by atoms with E-state index in [2.05, 4.69) is 67.2 Å². The number of para-hydroxylation sites is 1. The van der Waals surface area contributed by atoms with Crippen LogP contribution < -0.4 is 5.32 Å². The molecule has 0 bridgehead atoms. The Bertz CT molecular complexity index is 1780. The maximum absolute atomic E-state index is 13.8. The van der Waals surface area contributed by atoms with Crippen LogP contribution in [0.2, 0.25) is 10.0 Å². The van der Waals surface area contributed by atoms with Gasteiger partial charge in [0.2, 0.25) is 0 Å². The van der Waals surface area contributed by atoms with Crippen molar-refractivity contribution in [1.82, 2.24) is 4.57 Å². The van der Waals surface area contributed by atoms with Gasteiger partial charge in [-0.1, -0.05) is 74.3 Å². The average Bonchev–Trinajstić information content (AvgIpc) is 3.51. The molecular weight excluding hydrogens is 581 g/mol. The van der Waals surface area contributed by atoms with Gasteiger partial charge in [0.05, 0.1) is 5.56 Å². The first-order valence-corrected chi connectivity index (χ1v) is 15.8. The SMILES string of the molecule is CC(C)(C)[C@@H]1CCc2c(sc(N=Cc3cn(Cc4ccc(Cl)cc4)c4ccccc34)c2C(=O)Nc2ccc(Cl)cc2)C1. The van der Waals surface area contributed by atoms with E-state index in [4.69, 9.17) is 28.2 Å². The molecule has 0 aliphatic heterocycles. The number of aliphatic imine (C=N–C) groups is 1. The Morgan fingerprint density at radius 2 is 1.71 bits per heavy atom. The highest BCUT2D eigenvalue weighted by Gasteiger charge is 2.33. The van der Waals surface area contributed by atoms with E-state index < -0.39 is 0 Å². The number of thiophene rings is 1. The monoisotopic (exact) mass is 613 g/mol. The number of fused-ring (bicyclic) bond motifs is 2. The van der Waals surface area contributed by atoms with Gasteiger partial charge in [-0.3, -0.25) is 4.79 Å². The fourth-order valence-corrected chi connectivity index (χ4v) is 7.31. The number of carbonyl (C=O) groups is 1. The molecule has 0 spiro atoms. The van der Waals surface area contributed by atoms with Gasteiger partial charge in [0, 0.05) is 56.0 Å². The normalized spacial score (nSPS) is 15.3. The third-order valence-corrected chi connectivity index (χ3v) is 9.87. The van der Waals surface area contributed by atoms with Gasteiger partial charge in [0.25, 0.3) is 5.91 Å². The van der Waals surface area contributed by atoms with Crippen LogP contribution in [0.3, 0.4) is 0 Å². The fourth-order valence-electron chi connectivity index (χ4n) is 5.79. The van der Waals surface area contributed by atoms with Crippen molar-refractivity contribution in [3.05, 3.63) is 116 Å². The van der Waals surface area contributed by atoms with Crippen molar-refractivity contribution in [3.63, 3.8) is 0 Å². The van der Waals surface area contributed by atoms with E-state index in [0.29, 0.717) is 22.2 Å². The van der Waals surface area contributed by atoms with Crippen molar-refractivity contribution in [1.29, 1.82) is 0 Å². The Kier molecular flexibility index (Phi) is 8.01. The van der Waals surface area contributed by atoms with Gasteiger partial charge in [0.15, 0.2) is 0 Å². The molecule has 42 heavy (non-hydrogen) atoms. The summed E-state index contributed by atoms with van der Waals surface area (Å²) in [6, 6.07) is 23.5. The Balaban J connectivity index is 1.37. The highest BCUT2D eigenvalue weighted by atomic mass is 35.5. The molecule has 0 fully saturated rings. The Labute approximate surface area is 261 Å². The number of benzene rings is 3. The van der Waals surface area contributed by atoms with E-state index in [1.54, 1.807) is 23.5 Å². The Hall–Kier alpha value is -3.38. The summed E-state index contributed by atoms with van der Waals surface area (Å²) >= 11 is 13.8. The number of rotatable bonds is 6. The fraction of sp³-hybridized carbons (Fsp3) is 0.257. The average molecular weight is 615 g/mol. The van der Waals surface area contributed by atoms with Gasteiger partial charge in [-0.05, 0) is 84.2 Å². The maximum atomic E-state index is 13.8. The predicted octanol–water partition coefficient (Wildman–Crippen LogP) is 10.2. The van der Waals surface area contributed by atoms with Crippen molar-refractivity contribution < 1.29 is 4.79 Å². The molecule has 0 radical (unpaired) electrons. The van der Waals surface area contributed by atoms with Crippen LogP contribution in [0.15, 0.2) is 84.0 Å². The molecule has 7 heteroatoms. The third-order valence-electron chi connectivity index (χ3n) is 8.21. The van der Waals surface area contributed by atoms with Gasteiger partial charge in [-0.15, -0.1) is 11.3 Å². The molecule has 1 aliphatic rings. The standard InChI is InChI=1S/C35H33Cl2N3OS/c1-35(2,3)24-10-17-29-31(18-24)42-34(32(29)33(41)39-27-15-13-26(37)14-16-27)38-19-23-21-40(30-7-5-4-6-28(23)30)20-22-8-11-25(36)12-9-22/h4-9,11-16,19,21,24H,10,17-18,20H2,1-3H3,(H,39,41)/t24-/m1/s1. The molecule has 1 amide bonds. The van der Waals surface area contributed by atoms with E-state index in [9.17, 15) is 4.79 Å². The first-order chi connectivity index (χ1) is 20.2. The van der Waals surface area contributed by atoms with Crippen molar-refractivity contribution in [3.8, 4) is 0 Å². The lowest BCUT2D eigenvalue weighted by Crippen LogP contribution is -2.27. The minimum atomic E-state index is -0.124. The molecule has 6 rings (SSSR count). The second-order valence-corrected chi connectivity index (χ2v) is 14.0. The molecule has 5 aromatic rings. The summed E-state index contributed by atoms with van der Waals surface area (Å²) in [4.78, 5) is 20.0. The second-order valence-electron chi connectivity index (χ2n) is 12.1. The van der Waals surface area contributed by atoms with Crippen molar-refractivity contribution in [2.24, 2.45) is 16.3 Å². The molecule has 1 atom stereocenters. The van der Waals surface area contributed by atoms with Crippen LogP contribution in [0, 0.1) is 11.3 Å². The largest absolute Gasteiger partial charge is 0.342 e. The zero-order chi connectivity index (χ0) is 29.4. The molecule has 0 unspecified atom stereocenters. The number of amides is 1. The van der Waals surface area contributed by atoms with Crippen LogP contribution in [0.1, 0.15) is 59.1 Å². The molecule has 1 aliphatic carbocycles. The lowest BCUT2D eigenvalue weighted by atomic mass is 9.72. The number of halogens is 2. The van der Waals surface area contributed by atoms with Crippen LogP contribution in [-0.4, -0.2) is 16.7 Å². The van der Waals surface area contributed by atoms with E-state index in [0.717, 1.165) is 57.9 Å². The van der Waals surface area contributed by atoms with Crippen LogP contribution in [0.5, 0.6) is 0 Å². The molecule has 214 valence electrons. The van der Waals surface area contributed by atoms with Crippen molar-refractivity contribution in [2.45, 2.75) is 46.6 Å².